The second-order valence-electron chi connectivity index (χ2n) is 9.16. The molecule has 1 aliphatic carbocycles. The molecule has 0 bridgehead atoms. The van der Waals surface area contributed by atoms with E-state index in [1.807, 2.05) is 25.1 Å². The van der Waals surface area contributed by atoms with E-state index in [4.69, 9.17) is 0 Å². The van der Waals surface area contributed by atoms with Gasteiger partial charge in [-0.15, -0.1) is 0 Å². The first-order valence-corrected chi connectivity index (χ1v) is 13.6. The predicted octanol–water partition coefficient (Wildman–Crippen LogP) is 3.53. The Morgan fingerprint density at radius 2 is 1.76 bits per heavy atom. The maximum absolute atomic E-state index is 13.1. The molecule has 1 amide bonds. The van der Waals surface area contributed by atoms with Crippen LogP contribution in [0.15, 0.2) is 53.4 Å². The molecule has 4 rings (SSSR count). The quantitative estimate of drug-likeness (QED) is 0.674. The van der Waals surface area contributed by atoms with Crippen molar-refractivity contribution in [1.29, 1.82) is 0 Å². The lowest BCUT2D eigenvalue weighted by molar-refractivity contribution is -0.127. The second-order valence-corrected chi connectivity index (χ2v) is 11.1. The average Bonchev–Trinajstić information content (AvgIpc) is 2.84. The van der Waals surface area contributed by atoms with Crippen LogP contribution in [0.1, 0.15) is 55.8 Å². The van der Waals surface area contributed by atoms with Crippen LogP contribution in [0.3, 0.4) is 0 Å². The summed E-state index contributed by atoms with van der Waals surface area (Å²) in [6.07, 6.45) is 5.08. The van der Waals surface area contributed by atoms with Gasteiger partial charge in [0.25, 0.3) is 0 Å². The third kappa shape index (κ3) is 5.31. The van der Waals surface area contributed by atoms with Gasteiger partial charge >= 0.3 is 0 Å². The molecule has 1 fully saturated rings. The van der Waals surface area contributed by atoms with E-state index in [2.05, 4.69) is 35.3 Å². The van der Waals surface area contributed by atoms with E-state index in [9.17, 15) is 13.2 Å². The van der Waals surface area contributed by atoms with Gasteiger partial charge in [0.1, 0.15) is 0 Å². The summed E-state index contributed by atoms with van der Waals surface area (Å²) in [5, 5.41) is 3.24. The van der Waals surface area contributed by atoms with Crippen molar-refractivity contribution < 1.29 is 13.2 Å². The van der Waals surface area contributed by atoms with E-state index in [0.29, 0.717) is 31.1 Å². The van der Waals surface area contributed by atoms with Crippen molar-refractivity contribution in [3.05, 3.63) is 65.2 Å². The minimum absolute atomic E-state index is 0.0134. The van der Waals surface area contributed by atoms with Gasteiger partial charge in [-0.2, -0.15) is 4.31 Å². The fourth-order valence-electron chi connectivity index (χ4n) is 4.96. The average molecular weight is 470 g/mol. The lowest BCUT2D eigenvalue weighted by Crippen LogP contribution is -2.55. The molecular formula is C26H35N3O3S. The molecule has 2 aliphatic rings. The fourth-order valence-corrected chi connectivity index (χ4v) is 6.38. The van der Waals surface area contributed by atoms with Gasteiger partial charge in [0.05, 0.1) is 17.0 Å². The molecule has 6 nitrogen and oxygen atoms in total. The van der Waals surface area contributed by atoms with Crippen LogP contribution in [0.4, 0.5) is 0 Å². The second kappa shape index (κ2) is 10.4. The van der Waals surface area contributed by atoms with Crippen molar-refractivity contribution in [3.8, 4) is 0 Å². The Morgan fingerprint density at radius 3 is 2.45 bits per heavy atom. The zero-order chi connectivity index (χ0) is 23.4. The van der Waals surface area contributed by atoms with Crippen LogP contribution >= 0.6 is 0 Å². The topological polar surface area (TPSA) is 69.7 Å². The summed E-state index contributed by atoms with van der Waals surface area (Å²) in [7, 11) is -3.51. The lowest BCUT2D eigenvalue weighted by Gasteiger charge is -2.37. The summed E-state index contributed by atoms with van der Waals surface area (Å²) in [5.74, 6) is 0.0134. The molecule has 2 atom stereocenters. The molecule has 7 heteroatoms. The van der Waals surface area contributed by atoms with Gasteiger partial charge in [-0.25, -0.2) is 8.42 Å². The van der Waals surface area contributed by atoms with E-state index in [1.165, 1.54) is 11.1 Å². The Balaban J connectivity index is 1.34. The number of fused-ring (bicyclic) bond motifs is 1. The number of rotatable bonds is 7. The van der Waals surface area contributed by atoms with Gasteiger partial charge in [-0.1, -0.05) is 49.7 Å². The molecule has 0 aromatic heterocycles. The molecular weight excluding hydrogens is 434 g/mol. The number of nitrogens with one attached hydrogen (secondary N) is 1. The fraction of sp³-hybridized carbons (Fsp3) is 0.500. The molecule has 1 saturated heterocycles. The van der Waals surface area contributed by atoms with Gasteiger partial charge in [0.2, 0.25) is 15.9 Å². The van der Waals surface area contributed by atoms with Crippen LogP contribution in [-0.2, 0) is 27.7 Å². The SMILES string of the molecule is CCCc1ccc(S(=O)(=O)N2CCN([C@@H](C)C(=O)N[C@H]3CCCc4ccccc43)CC2)cc1. The largest absolute Gasteiger partial charge is 0.348 e. The third-order valence-corrected chi connectivity index (χ3v) is 8.90. The molecule has 178 valence electrons. The molecule has 2 aromatic rings. The van der Waals surface area contributed by atoms with Gasteiger partial charge in [0.15, 0.2) is 0 Å². The van der Waals surface area contributed by atoms with Crippen molar-refractivity contribution in [3.63, 3.8) is 0 Å². The first-order valence-electron chi connectivity index (χ1n) is 12.1. The van der Waals surface area contributed by atoms with Crippen LogP contribution in [0, 0.1) is 0 Å². The number of hydrogen-bond acceptors (Lipinski definition) is 4. The summed E-state index contributed by atoms with van der Waals surface area (Å²) in [6.45, 7) is 5.90. The number of aryl methyl sites for hydroxylation is 2. The molecule has 1 N–H and O–H groups in total. The number of carbonyl (C=O) groups excluding carboxylic acids is 1. The van der Waals surface area contributed by atoms with Gasteiger partial charge in [-0.05, 0) is 61.4 Å². The Bertz CT molecular complexity index is 1060. The summed E-state index contributed by atoms with van der Waals surface area (Å²) in [6, 6.07) is 15.3. The highest BCUT2D eigenvalue weighted by Crippen LogP contribution is 2.29. The van der Waals surface area contributed by atoms with Crippen LogP contribution in [0.5, 0.6) is 0 Å². The minimum atomic E-state index is -3.51. The number of hydrogen-bond donors (Lipinski definition) is 1. The summed E-state index contributed by atoms with van der Waals surface area (Å²) < 4.78 is 27.7. The Labute approximate surface area is 198 Å². The van der Waals surface area contributed by atoms with Crippen LogP contribution in [0.25, 0.3) is 0 Å². The van der Waals surface area contributed by atoms with Crippen LogP contribution in [-0.4, -0.2) is 55.8 Å². The molecule has 0 spiro atoms. The highest BCUT2D eigenvalue weighted by atomic mass is 32.2. The van der Waals surface area contributed by atoms with Gasteiger partial charge in [-0.3, -0.25) is 9.69 Å². The molecule has 0 saturated carbocycles. The minimum Gasteiger partial charge on any atom is -0.348 e. The molecule has 0 radical (unpaired) electrons. The standard InChI is InChI=1S/C26H35N3O3S/c1-3-7-21-12-14-23(15-13-21)33(31,32)29-18-16-28(17-19-29)20(2)26(30)27-25-11-6-9-22-8-4-5-10-24(22)25/h4-5,8,10,12-15,20,25H,3,6-7,9,11,16-19H2,1-2H3,(H,27,30)/t20-,25-/m0/s1. The number of piperazine rings is 1. The van der Waals surface area contributed by atoms with E-state index in [-0.39, 0.29) is 18.0 Å². The van der Waals surface area contributed by atoms with Crippen molar-refractivity contribution in [1.82, 2.24) is 14.5 Å². The third-order valence-electron chi connectivity index (χ3n) is 6.99. The van der Waals surface area contributed by atoms with E-state index < -0.39 is 10.0 Å². The van der Waals surface area contributed by atoms with Gasteiger partial charge in [0, 0.05) is 26.2 Å². The van der Waals surface area contributed by atoms with Crippen LogP contribution < -0.4 is 5.32 Å². The first kappa shape index (κ1) is 23.9. The highest BCUT2D eigenvalue weighted by molar-refractivity contribution is 7.89. The van der Waals surface area contributed by atoms with Crippen molar-refractivity contribution >= 4 is 15.9 Å². The molecule has 33 heavy (non-hydrogen) atoms. The zero-order valence-corrected chi connectivity index (χ0v) is 20.5. The predicted molar refractivity (Wildman–Crippen MR) is 130 cm³/mol. The van der Waals surface area contributed by atoms with E-state index >= 15 is 0 Å². The zero-order valence-electron chi connectivity index (χ0n) is 19.7. The Kier molecular flexibility index (Phi) is 7.51. The number of carbonyl (C=O) groups is 1. The van der Waals surface area contributed by atoms with Crippen molar-refractivity contribution in [2.75, 3.05) is 26.2 Å². The molecule has 0 unspecified atom stereocenters. The Hall–Kier alpha value is -2.22. The number of benzene rings is 2. The molecule has 1 heterocycles. The highest BCUT2D eigenvalue weighted by Gasteiger charge is 2.32. The normalized spacial score (nSPS) is 20.7. The molecule has 1 aliphatic heterocycles. The first-order chi connectivity index (χ1) is 15.9. The smallest absolute Gasteiger partial charge is 0.243 e. The summed E-state index contributed by atoms with van der Waals surface area (Å²) in [5.41, 5.74) is 3.70. The number of nitrogens with zero attached hydrogens (tertiary/aromatic N) is 2. The lowest BCUT2D eigenvalue weighted by atomic mass is 9.87. The maximum Gasteiger partial charge on any atom is 0.243 e. The monoisotopic (exact) mass is 469 g/mol. The number of sulfonamides is 1. The van der Waals surface area contributed by atoms with Crippen molar-refractivity contribution in [2.45, 2.75) is 62.9 Å². The summed E-state index contributed by atoms with van der Waals surface area (Å²) in [4.78, 5) is 15.4. The van der Waals surface area contributed by atoms with Gasteiger partial charge < -0.3 is 5.32 Å². The van der Waals surface area contributed by atoms with E-state index in [0.717, 1.165) is 37.7 Å². The Morgan fingerprint density at radius 1 is 1.06 bits per heavy atom. The van der Waals surface area contributed by atoms with E-state index in [1.54, 1.807) is 16.4 Å². The van der Waals surface area contributed by atoms with Crippen LogP contribution in [0.2, 0.25) is 0 Å². The summed E-state index contributed by atoms with van der Waals surface area (Å²) >= 11 is 0. The van der Waals surface area contributed by atoms with Crippen molar-refractivity contribution in [2.24, 2.45) is 0 Å². The maximum atomic E-state index is 13.1. The number of amides is 1. The molecule has 2 aromatic carbocycles.